The zero-order valence-corrected chi connectivity index (χ0v) is 58.0. The SMILES string of the molecule is C#C.C#C.C#C.C#[N+]c1ccc(N(C)CCCCC(C)CC)cc1.C#[N+]c1ccc(OCCCCCCOC(=O)C(C)CC)cc1.CCC(C)(C)C(=O)OCCCCCCOc1ccc(/C=C/c2ccc([N+](=O)[O-])cc2)cc1.S=S.S=S.S=S.S=S.[2H][2H].[2H][2H].[2H][2H]. The van der Waals surface area contributed by atoms with Gasteiger partial charge in [-0.05, 0) is 160 Å². The summed E-state index contributed by atoms with van der Waals surface area (Å²) in [4.78, 5) is 43.2. The average molecular weight is 1340 g/mol. The summed E-state index contributed by atoms with van der Waals surface area (Å²) in [6.07, 6.45) is 42.6. The molecule has 20 heteroatoms. The van der Waals surface area contributed by atoms with Crippen LogP contribution in [-0.2, 0) is 109 Å². The van der Waals surface area contributed by atoms with Crippen molar-refractivity contribution in [2.24, 2.45) is 17.3 Å². The number of nitro groups is 1. The first kappa shape index (κ1) is 84.0. The van der Waals surface area contributed by atoms with Gasteiger partial charge in [-0.1, -0.05) is 78.2 Å². The molecule has 2 atom stereocenters. The monoisotopic (exact) mass is 1330 g/mol. The second-order valence-corrected chi connectivity index (χ2v) is 18.8. The first-order valence-corrected chi connectivity index (χ1v) is 33.0. The molecule has 4 aromatic rings. The van der Waals surface area contributed by atoms with E-state index in [2.05, 4.69) is 176 Å². The molecule has 0 fully saturated rings. The summed E-state index contributed by atoms with van der Waals surface area (Å²) >= 11 is 29.3. The predicted molar refractivity (Wildman–Crippen MR) is 392 cm³/mol. The molecule has 474 valence electrons. The summed E-state index contributed by atoms with van der Waals surface area (Å²) in [7, 11) is 2.14. The van der Waals surface area contributed by atoms with Crippen LogP contribution < -0.4 is 14.4 Å². The molecule has 2 unspecified atom stereocenters. The van der Waals surface area contributed by atoms with Crippen molar-refractivity contribution in [1.29, 1.82) is 0 Å². The number of hydrogen-bond acceptors (Lipinski definition) is 17. The molecule has 0 saturated carbocycles. The molecule has 0 radical (unpaired) electrons. The van der Waals surface area contributed by atoms with Gasteiger partial charge in [-0.2, -0.15) is 0 Å². The minimum absolute atomic E-state index is 0.00635. The quantitative estimate of drug-likeness (QED) is 0.0123. The van der Waals surface area contributed by atoms with E-state index in [1.165, 1.54) is 43.5 Å². The summed E-state index contributed by atoms with van der Waals surface area (Å²) in [5, 5.41) is 10.7. The molecule has 0 saturated heterocycles. The number of benzene rings is 4. The third-order valence-corrected chi connectivity index (χ3v) is 12.6. The molecular weight excluding hydrogens is 1230 g/mol. The Morgan fingerprint density at radius 1 is 0.593 bits per heavy atom. The molecule has 0 aromatic heterocycles. The van der Waals surface area contributed by atoms with Gasteiger partial charge in [0.05, 0.1) is 42.7 Å². The van der Waals surface area contributed by atoms with Crippen molar-refractivity contribution in [3.8, 4) is 63.2 Å². The smallest absolute Gasteiger partial charge is 0.340 e. The number of nitro benzene ring substituents is 1. The highest BCUT2D eigenvalue weighted by atomic mass is 32.8. The van der Waals surface area contributed by atoms with Crippen LogP contribution in [0.5, 0.6) is 11.5 Å². The van der Waals surface area contributed by atoms with Crippen LogP contribution in [0.15, 0.2) is 97.1 Å². The van der Waals surface area contributed by atoms with E-state index in [1.54, 1.807) is 12.1 Å². The molecule has 0 bridgehead atoms. The number of carbonyl (C=O) groups is 2. The zero-order chi connectivity index (χ0) is 73.0. The summed E-state index contributed by atoms with van der Waals surface area (Å²) in [6.45, 7) is 28.2. The van der Waals surface area contributed by atoms with E-state index in [9.17, 15) is 19.7 Å². The van der Waals surface area contributed by atoms with Gasteiger partial charge in [0.2, 0.25) is 0 Å². The van der Waals surface area contributed by atoms with Crippen molar-refractivity contribution in [2.45, 2.75) is 138 Å². The number of nitrogens with zero attached hydrogens (tertiary/aromatic N) is 4. The van der Waals surface area contributed by atoms with Crippen LogP contribution in [0.1, 0.15) is 158 Å². The van der Waals surface area contributed by atoms with Crippen molar-refractivity contribution >= 4 is 136 Å². The van der Waals surface area contributed by atoms with Gasteiger partial charge in [-0.15, -0.1) is 38.5 Å². The maximum absolute atomic E-state index is 11.9. The summed E-state index contributed by atoms with van der Waals surface area (Å²) in [6, 6.07) is 29.7. The Balaban J connectivity index is -0.000000144. The molecule has 12 nitrogen and oxygen atoms in total. The van der Waals surface area contributed by atoms with Crippen molar-refractivity contribution in [2.75, 3.05) is 44.9 Å². The highest BCUT2D eigenvalue weighted by molar-refractivity contribution is 8.08. The Bertz CT molecular complexity index is 2490. The predicted octanol–water partition coefficient (Wildman–Crippen LogP) is 17.9. The van der Waals surface area contributed by atoms with Gasteiger partial charge in [0.25, 0.3) is 18.8 Å². The average Bonchev–Trinajstić information content (AvgIpc) is 3.45. The molecule has 0 aliphatic carbocycles. The van der Waals surface area contributed by atoms with Crippen molar-refractivity contribution in [3.05, 3.63) is 128 Å². The molecule has 4 aromatic carbocycles. The Labute approximate surface area is 566 Å². The van der Waals surface area contributed by atoms with Gasteiger partial charge in [-0.3, -0.25) is 19.7 Å². The Morgan fingerprint density at radius 3 is 1.36 bits per heavy atom. The van der Waals surface area contributed by atoms with Crippen LogP contribution in [-0.4, -0.2) is 56.9 Å². The maximum Gasteiger partial charge on any atom is 0.340 e. The molecular formula is C66H96N4O8S8+2. The van der Waals surface area contributed by atoms with Crippen molar-refractivity contribution in [1.82, 2.24) is 0 Å². The summed E-state index contributed by atoms with van der Waals surface area (Å²) in [5.41, 5.74) is 4.40. The molecule has 0 aliphatic heterocycles. The topological polar surface area (TPSA) is 126 Å². The van der Waals surface area contributed by atoms with Gasteiger partial charge < -0.3 is 23.8 Å². The number of carbonyl (C=O) groups excluding carboxylic acids is 2. The minimum atomic E-state index is -0.405. The molecule has 86 heavy (non-hydrogen) atoms. The van der Waals surface area contributed by atoms with Gasteiger partial charge in [-0.25, -0.2) is 0 Å². The third-order valence-electron chi connectivity index (χ3n) is 12.6. The number of unbranched alkanes of at least 4 members (excludes halogenated alkanes) is 7. The second-order valence-electron chi connectivity index (χ2n) is 18.8. The van der Waals surface area contributed by atoms with Crippen LogP contribution in [0.3, 0.4) is 0 Å². The van der Waals surface area contributed by atoms with Gasteiger partial charge in [0.15, 0.2) is 0 Å². The first-order valence-electron chi connectivity index (χ1n) is 30.7. The normalized spacial score (nSPS) is 10.2. The fourth-order valence-corrected chi connectivity index (χ4v) is 6.65. The standard InChI is InChI=1S/C26H33NO5.C18H26NO3.C16H25N2.3C2H2.4S2.3H2/c1-4-26(2,3)25(28)32-20-8-6-5-7-19-31-24-17-13-22(14-18-24)10-9-21-11-15-23(16-12-21)27(29)30;1-4-15(2)18(20)22-14-8-6-5-7-13-21-17-11-9-16(19-3)10-12-17;1-5-14(2)8-6-7-13-18(4)16-11-9-15(17-3)10-12-16;7*1-2;;;/h9-18H,4-8,19-20H2,1-3H3;3,9-12,15H,4-8,13-14H2,1-2H3;3,9-12,14H,5-8,13H2,1-2,4H3;3*1-2H;;;;;3*1H/q;2*+1;;;;;;;;;;/b10-9+;;;;;;;;;;;;/i;;;;;;;;;;3*1+1D. The maximum atomic E-state index is 11.9. The van der Waals surface area contributed by atoms with Crippen LogP contribution in [0.25, 0.3) is 21.8 Å². The lowest BCUT2D eigenvalue weighted by Gasteiger charge is -2.20. The third kappa shape index (κ3) is 49.0. The van der Waals surface area contributed by atoms with E-state index in [0.29, 0.717) is 26.4 Å². The van der Waals surface area contributed by atoms with E-state index in [1.807, 2.05) is 107 Å². The van der Waals surface area contributed by atoms with E-state index < -0.39 is 10.3 Å². The van der Waals surface area contributed by atoms with Gasteiger partial charge in [0, 0.05) is 154 Å². The lowest BCUT2D eigenvalue weighted by atomic mass is 9.91. The number of non-ortho nitro benzene ring substituents is 1. The van der Waals surface area contributed by atoms with Crippen LogP contribution in [0.2, 0.25) is 0 Å². The van der Waals surface area contributed by atoms with E-state index >= 15 is 0 Å². The molecule has 0 heterocycles. The molecule has 0 amide bonds. The van der Waals surface area contributed by atoms with Gasteiger partial charge >= 0.3 is 23.3 Å². The highest BCUT2D eigenvalue weighted by Gasteiger charge is 2.26. The van der Waals surface area contributed by atoms with Crippen molar-refractivity contribution in [3.63, 3.8) is 0 Å². The van der Waals surface area contributed by atoms with E-state index in [4.69, 9.17) is 41.0 Å². The second kappa shape index (κ2) is 66.3. The van der Waals surface area contributed by atoms with Crippen LogP contribution >= 0.6 is 0 Å². The van der Waals surface area contributed by atoms with Crippen LogP contribution in [0, 0.1) is 79.0 Å². The lowest BCUT2D eigenvalue weighted by Crippen LogP contribution is -2.26. The number of anilines is 1. The molecule has 0 N–H and O–H groups in total. The Morgan fingerprint density at radius 2 is 0.977 bits per heavy atom. The molecule has 0 spiro atoms. The zero-order valence-electron chi connectivity index (χ0n) is 57.4. The number of esters is 2. The number of terminal acetylenes is 3. The van der Waals surface area contributed by atoms with Crippen LogP contribution in [0.4, 0.5) is 22.7 Å². The summed E-state index contributed by atoms with van der Waals surface area (Å²) in [5.74, 6) is 2.32. The lowest BCUT2D eigenvalue weighted by molar-refractivity contribution is -0.384. The van der Waals surface area contributed by atoms with E-state index in [-0.39, 0.29) is 23.5 Å². The number of rotatable bonds is 30. The van der Waals surface area contributed by atoms with Gasteiger partial charge in [0.1, 0.15) is 11.5 Å². The molecule has 0 aliphatic rings. The summed E-state index contributed by atoms with van der Waals surface area (Å²) < 4.78 is 52.0. The minimum Gasteiger partial charge on any atom is -0.494 e. The Hall–Kier alpha value is -6.22. The molecule has 4 rings (SSSR count). The van der Waals surface area contributed by atoms with Crippen molar-refractivity contribution < 1.29 is 42.4 Å². The highest BCUT2D eigenvalue weighted by Crippen LogP contribution is 2.23. The first-order chi connectivity index (χ1) is 44.7. The number of hydrogen-bond donors (Lipinski definition) is 0. The largest absolute Gasteiger partial charge is 0.494 e. The fraction of sp³-hybridized carbons (Fsp3) is 0.455. The van der Waals surface area contributed by atoms with E-state index in [0.717, 1.165) is 111 Å². The number of ether oxygens (including phenoxy) is 4. The fourth-order valence-electron chi connectivity index (χ4n) is 6.65. The Kier molecular flexibility index (Phi) is 64.8.